The molecule has 0 atom stereocenters. The third-order valence-corrected chi connectivity index (χ3v) is 5.61. The molecule has 0 bridgehead atoms. The molecule has 0 saturated carbocycles. The van der Waals surface area contributed by atoms with Crippen LogP contribution in [0.25, 0.3) is 10.9 Å². The molecule has 0 fully saturated rings. The molecule has 0 aliphatic rings. The quantitative estimate of drug-likeness (QED) is 0.365. The van der Waals surface area contributed by atoms with Gasteiger partial charge in [-0.05, 0) is 49.2 Å². The maximum Gasteiger partial charge on any atom is 0.262 e. The number of furan rings is 1. The largest absolute Gasteiger partial charge is 0.467 e. The van der Waals surface area contributed by atoms with Crippen LogP contribution in [0.4, 0.5) is 0 Å². The summed E-state index contributed by atoms with van der Waals surface area (Å²) in [6.45, 7) is 4.58. The van der Waals surface area contributed by atoms with E-state index in [0.29, 0.717) is 17.1 Å². The van der Waals surface area contributed by atoms with Crippen molar-refractivity contribution in [2.24, 2.45) is 0 Å². The first-order valence-corrected chi connectivity index (χ1v) is 9.81. The summed E-state index contributed by atoms with van der Waals surface area (Å²) in [5, 5.41) is 1.33. The van der Waals surface area contributed by atoms with E-state index in [1.807, 2.05) is 36.4 Å². The highest BCUT2D eigenvalue weighted by Crippen LogP contribution is 2.25. The SMILES string of the molecule is Cc1ccc(C)c(CSc2nc3ccccc3c(=O)n2Cc2ccco2)c1. The van der Waals surface area contributed by atoms with Gasteiger partial charge in [0, 0.05) is 5.75 Å². The fourth-order valence-corrected chi connectivity index (χ4v) is 4.12. The molecule has 4 nitrogen and oxygen atoms in total. The van der Waals surface area contributed by atoms with E-state index in [0.717, 1.165) is 17.0 Å². The summed E-state index contributed by atoms with van der Waals surface area (Å²) >= 11 is 1.58. The van der Waals surface area contributed by atoms with Crippen LogP contribution >= 0.6 is 11.8 Å². The lowest BCUT2D eigenvalue weighted by Crippen LogP contribution is -2.23. The molecule has 4 aromatic rings. The molecule has 2 aromatic heterocycles. The average molecular weight is 376 g/mol. The molecule has 2 aromatic carbocycles. The first-order chi connectivity index (χ1) is 13.1. The summed E-state index contributed by atoms with van der Waals surface area (Å²) in [5.41, 5.74) is 4.42. The molecule has 0 amide bonds. The molecule has 0 spiro atoms. The molecule has 0 aliphatic heterocycles. The smallest absolute Gasteiger partial charge is 0.262 e. The highest BCUT2D eigenvalue weighted by Gasteiger charge is 2.13. The van der Waals surface area contributed by atoms with Gasteiger partial charge in [0.15, 0.2) is 5.16 Å². The van der Waals surface area contributed by atoms with Crippen molar-refractivity contribution >= 4 is 22.7 Å². The van der Waals surface area contributed by atoms with E-state index in [4.69, 9.17) is 9.40 Å². The zero-order valence-electron chi connectivity index (χ0n) is 15.3. The molecule has 0 radical (unpaired) electrons. The van der Waals surface area contributed by atoms with Crippen molar-refractivity contribution in [3.05, 3.63) is 93.7 Å². The van der Waals surface area contributed by atoms with Crippen LogP contribution in [0.1, 0.15) is 22.5 Å². The van der Waals surface area contributed by atoms with Gasteiger partial charge in [0.05, 0.1) is 23.7 Å². The maximum absolute atomic E-state index is 13.1. The number of aryl methyl sites for hydroxylation is 2. The lowest BCUT2D eigenvalue weighted by Gasteiger charge is -2.13. The van der Waals surface area contributed by atoms with Gasteiger partial charge in [0.1, 0.15) is 5.76 Å². The summed E-state index contributed by atoms with van der Waals surface area (Å²) in [4.78, 5) is 17.8. The predicted molar refractivity (Wildman–Crippen MR) is 109 cm³/mol. The Morgan fingerprint density at radius 1 is 1.07 bits per heavy atom. The number of aromatic nitrogens is 2. The number of hydrogen-bond acceptors (Lipinski definition) is 4. The third-order valence-electron chi connectivity index (χ3n) is 4.58. The van der Waals surface area contributed by atoms with E-state index < -0.39 is 0 Å². The topological polar surface area (TPSA) is 48.0 Å². The predicted octanol–water partition coefficient (Wildman–Crippen LogP) is 4.95. The highest BCUT2D eigenvalue weighted by atomic mass is 32.2. The Labute approximate surface area is 161 Å². The van der Waals surface area contributed by atoms with Crippen LogP contribution in [0.3, 0.4) is 0 Å². The van der Waals surface area contributed by atoms with Gasteiger partial charge in [-0.25, -0.2) is 4.98 Å². The van der Waals surface area contributed by atoms with Crippen LogP contribution in [0.5, 0.6) is 0 Å². The zero-order valence-corrected chi connectivity index (χ0v) is 16.1. The van der Waals surface area contributed by atoms with Gasteiger partial charge in [-0.2, -0.15) is 0 Å². The Kier molecular flexibility index (Phi) is 4.86. The Morgan fingerprint density at radius 3 is 2.74 bits per heavy atom. The van der Waals surface area contributed by atoms with Gasteiger partial charge in [-0.15, -0.1) is 0 Å². The molecule has 4 rings (SSSR count). The second kappa shape index (κ2) is 7.45. The van der Waals surface area contributed by atoms with Crippen LogP contribution < -0.4 is 5.56 Å². The van der Waals surface area contributed by atoms with Gasteiger partial charge >= 0.3 is 0 Å². The normalized spacial score (nSPS) is 11.2. The molecule has 136 valence electrons. The number of fused-ring (bicyclic) bond motifs is 1. The van der Waals surface area contributed by atoms with Crippen molar-refractivity contribution in [2.45, 2.75) is 31.3 Å². The Bertz CT molecular complexity index is 1150. The van der Waals surface area contributed by atoms with Crippen LogP contribution in [0.2, 0.25) is 0 Å². The highest BCUT2D eigenvalue weighted by molar-refractivity contribution is 7.98. The summed E-state index contributed by atoms with van der Waals surface area (Å²) in [6, 6.07) is 17.6. The van der Waals surface area contributed by atoms with Crippen molar-refractivity contribution < 1.29 is 4.42 Å². The van der Waals surface area contributed by atoms with Gasteiger partial charge < -0.3 is 4.42 Å². The molecule has 2 heterocycles. The second-order valence-electron chi connectivity index (χ2n) is 6.60. The minimum absolute atomic E-state index is 0.0412. The van der Waals surface area contributed by atoms with Crippen LogP contribution in [0.15, 0.2) is 75.2 Å². The standard InChI is InChI=1S/C22H20N2O2S/c1-15-9-10-16(2)17(12-15)14-27-22-23-20-8-4-3-7-19(20)21(25)24(22)13-18-6-5-11-26-18/h3-12H,13-14H2,1-2H3. The monoisotopic (exact) mass is 376 g/mol. The van der Waals surface area contributed by atoms with E-state index in [1.54, 1.807) is 22.6 Å². The van der Waals surface area contributed by atoms with Gasteiger partial charge in [-0.3, -0.25) is 9.36 Å². The zero-order chi connectivity index (χ0) is 18.8. The molecule has 0 aliphatic carbocycles. The number of benzene rings is 2. The first kappa shape index (κ1) is 17.6. The molecule has 5 heteroatoms. The minimum atomic E-state index is -0.0412. The van der Waals surface area contributed by atoms with Crippen molar-refractivity contribution in [1.82, 2.24) is 9.55 Å². The maximum atomic E-state index is 13.1. The summed E-state index contributed by atoms with van der Waals surface area (Å²) in [6.07, 6.45) is 1.62. The van der Waals surface area contributed by atoms with Crippen molar-refractivity contribution in [2.75, 3.05) is 0 Å². The van der Waals surface area contributed by atoms with Crippen molar-refractivity contribution in [1.29, 1.82) is 0 Å². The van der Waals surface area contributed by atoms with E-state index in [-0.39, 0.29) is 5.56 Å². The van der Waals surface area contributed by atoms with Crippen LogP contribution in [-0.2, 0) is 12.3 Å². The number of hydrogen-bond donors (Lipinski definition) is 0. The van der Waals surface area contributed by atoms with Crippen LogP contribution in [0, 0.1) is 13.8 Å². The molecule has 0 unspecified atom stereocenters. The van der Waals surface area contributed by atoms with Crippen molar-refractivity contribution in [3.8, 4) is 0 Å². The lowest BCUT2D eigenvalue weighted by molar-refractivity contribution is 0.476. The Morgan fingerprint density at radius 2 is 1.93 bits per heavy atom. The number of nitrogens with zero attached hydrogens (tertiary/aromatic N) is 2. The van der Waals surface area contributed by atoms with Gasteiger partial charge in [0.25, 0.3) is 5.56 Å². The van der Waals surface area contributed by atoms with Crippen molar-refractivity contribution in [3.63, 3.8) is 0 Å². The van der Waals surface area contributed by atoms with Gasteiger partial charge in [-0.1, -0.05) is 47.7 Å². The van der Waals surface area contributed by atoms with E-state index >= 15 is 0 Å². The molecular formula is C22H20N2O2S. The lowest BCUT2D eigenvalue weighted by atomic mass is 10.1. The molecule has 27 heavy (non-hydrogen) atoms. The second-order valence-corrected chi connectivity index (χ2v) is 7.54. The van der Waals surface area contributed by atoms with E-state index in [2.05, 4.69) is 32.0 Å². The Hall–Kier alpha value is -2.79. The third kappa shape index (κ3) is 3.69. The number of thioether (sulfide) groups is 1. The van der Waals surface area contributed by atoms with Crippen LogP contribution in [-0.4, -0.2) is 9.55 Å². The molecular weight excluding hydrogens is 356 g/mol. The summed E-state index contributed by atoms with van der Waals surface area (Å²) < 4.78 is 7.17. The summed E-state index contributed by atoms with van der Waals surface area (Å²) in [5.74, 6) is 1.50. The summed E-state index contributed by atoms with van der Waals surface area (Å²) in [7, 11) is 0. The molecule has 0 N–H and O–H groups in total. The fourth-order valence-electron chi connectivity index (χ4n) is 3.05. The molecule has 0 saturated heterocycles. The number of rotatable bonds is 5. The number of para-hydroxylation sites is 1. The van der Waals surface area contributed by atoms with Gasteiger partial charge in [0.2, 0.25) is 0 Å². The fraction of sp³-hybridized carbons (Fsp3) is 0.182. The Balaban J connectivity index is 1.75. The average Bonchev–Trinajstić information content (AvgIpc) is 3.18. The van der Waals surface area contributed by atoms with E-state index in [9.17, 15) is 4.79 Å². The first-order valence-electron chi connectivity index (χ1n) is 8.83. The minimum Gasteiger partial charge on any atom is -0.467 e. The van der Waals surface area contributed by atoms with E-state index in [1.165, 1.54) is 16.7 Å².